The third-order valence-corrected chi connectivity index (χ3v) is 3.19. The lowest BCUT2D eigenvalue weighted by Crippen LogP contribution is -2.38. The van der Waals surface area contributed by atoms with Crippen molar-refractivity contribution in [3.63, 3.8) is 0 Å². The Hall–Kier alpha value is -2.18. The number of ether oxygens (including phenoxy) is 1. The van der Waals surface area contributed by atoms with Gasteiger partial charge in [-0.1, -0.05) is 6.92 Å². The lowest BCUT2D eigenvalue weighted by molar-refractivity contribution is 0.148. The van der Waals surface area contributed by atoms with Gasteiger partial charge in [-0.2, -0.15) is 8.78 Å². The SMILES string of the molecule is CCC1(c2cc(N)ccc2F)N=C(N)COC1=C(F)F. The van der Waals surface area contributed by atoms with Gasteiger partial charge >= 0.3 is 6.08 Å². The molecule has 0 fully saturated rings. The summed E-state index contributed by atoms with van der Waals surface area (Å²) in [7, 11) is 0. The minimum absolute atomic E-state index is 0.0266. The first-order valence-corrected chi connectivity index (χ1v) is 5.99. The molecule has 20 heavy (non-hydrogen) atoms. The molecular formula is C13H14F3N3O. The summed E-state index contributed by atoms with van der Waals surface area (Å²) < 4.78 is 45.3. The quantitative estimate of drug-likeness (QED) is 0.820. The van der Waals surface area contributed by atoms with Crippen LogP contribution < -0.4 is 11.5 Å². The lowest BCUT2D eigenvalue weighted by Gasteiger charge is -2.34. The van der Waals surface area contributed by atoms with Crippen molar-refractivity contribution >= 4 is 11.5 Å². The van der Waals surface area contributed by atoms with E-state index in [1.807, 2.05) is 0 Å². The Morgan fingerprint density at radius 2 is 2.10 bits per heavy atom. The number of anilines is 1. The lowest BCUT2D eigenvalue weighted by atomic mass is 9.84. The number of aliphatic imine (C=N–C) groups is 1. The fourth-order valence-corrected chi connectivity index (χ4v) is 2.28. The molecule has 0 amide bonds. The molecule has 1 aromatic rings. The summed E-state index contributed by atoms with van der Waals surface area (Å²) in [5, 5.41) is 0. The maximum atomic E-state index is 14.1. The van der Waals surface area contributed by atoms with Crippen LogP contribution in [0.25, 0.3) is 0 Å². The molecule has 0 saturated carbocycles. The van der Waals surface area contributed by atoms with Crippen molar-refractivity contribution in [1.82, 2.24) is 0 Å². The smallest absolute Gasteiger partial charge is 0.310 e. The molecule has 108 valence electrons. The summed E-state index contributed by atoms with van der Waals surface area (Å²) in [5.41, 5.74) is 9.68. The molecule has 0 bridgehead atoms. The van der Waals surface area contributed by atoms with Gasteiger partial charge in [0.05, 0.1) is 0 Å². The summed E-state index contributed by atoms with van der Waals surface area (Å²) >= 11 is 0. The van der Waals surface area contributed by atoms with Crippen molar-refractivity contribution in [3.05, 3.63) is 41.4 Å². The Morgan fingerprint density at radius 1 is 1.40 bits per heavy atom. The van der Waals surface area contributed by atoms with E-state index < -0.39 is 23.2 Å². The maximum Gasteiger partial charge on any atom is 0.310 e. The fraction of sp³-hybridized carbons (Fsp3) is 0.308. The molecule has 7 heteroatoms. The van der Waals surface area contributed by atoms with Crippen LogP contribution >= 0.6 is 0 Å². The van der Waals surface area contributed by atoms with Gasteiger partial charge in [0, 0.05) is 11.3 Å². The second kappa shape index (κ2) is 5.07. The van der Waals surface area contributed by atoms with Gasteiger partial charge < -0.3 is 16.2 Å². The Kier molecular flexibility index (Phi) is 3.61. The van der Waals surface area contributed by atoms with Gasteiger partial charge in [0.25, 0.3) is 0 Å². The minimum atomic E-state index is -2.05. The second-order valence-electron chi connectivity index (χ2n) is 4.43. The van der Waals surface area contributed by atoms with Crippen LogP contribution in [0.15, 0.2) is 35.0 Å². The zero-order valence-electron chi connectivity index (χ0n) is 10.8. The second-order valence-corrected chi connectivity index (χ2v) is 4.43. The molecule has 1 unspecified atom stereocenters. The van der Waals surface area contributed by atoms with Gasteiger partial charge in [0.15, 0.2) is 11.3 Å². The molecule has 4 nitrogen and oxygen atoms in total. The number of nitrogens with zero attached hydrogens (tertiary/aromatic N) is 1. The maximum absolute atomic E-state index is 14.1. The van der Waals surface area contributed by atoms with Gasteiger partial charge in [-0.3, -0.25) is 0 Å². The fourth-order valence-electron chi connectivity index (χ4n) is 2.28. The topological polar surface area (TPSA) is 73.6 Å². The Bertz CT molecular complexity index is 597. The third-order valence-electron chi connectivity index (χ3n) is 3.19. The average molecular weight is 285 g/mol. The molecule has 0 saturated heterocycles. The molecule has 0 aromatic heterocycles. The van der Waals surface area contributed by atoms with Crippen molar-refractivity contribution in [2.45, 2.75) is 18.9 Å². The van der Waals surface area contributed by atoms with E-state index in [-0.39, 0.29) is 30.1 Å². The van der Waals surface area contributed by atoms with Gasteiger partial charge in [-0.15, -0.1) is 0 Å². The monoisotopic (exact) mass is 285 g/mol. The predicted octanol–water partition coefficient (Wildman–Crippen LogP) is 2.51. The van der Waals surface area contributed by atoms with E-state index >= 15 is 0 Å². The van der Waals surface area contributed by atoms with Crippen molar-refractivity contribution in [3.8, 4) is 0 Å². The highest BCUT2D eigenvalue weighted by Crippen LogP contribution is 2.43. The van der Waals surface area contributed by atoms with Gasteiger partial charge in [0.1, 0.15) is 18.3 Å². The van der Waals surface area contributed by atoms with E-state index in [2.05, 4.69) is 4.99 Å². The number of nitrogens with two attached hydrogens (primary N) is 2. The van der Waals surface area contributed by atoms with Crippen LogP contribution in [-0.2, 0) is 10.3 Å². The standard InChI is InChI=1S/C13H14F3N3O/c1-2-13(8-5-7(17)3-4-9(8)14)11(12(15)16)20-6-10(18)19-13/h3-5H,2,6,17H2,1H3,(H2,18,19). The Labute approximate surface area is 113 Å². The largest absolute Gasteiger partial charge is 0.482 e. The summed E-state index contributed by atoms with van der Waals surface area (Å²) in [5.74, 6) is -1.35. The van der Waals surface area contributed by atoms with Crippen LogP contribution in [0.3, 0.4) is 0 Å². The average Bonchev–Trinajstić information content (AvgIpc) is 2.40. The van der Waals surface area contributed by atoms with Gasteiger partial charge in [-0.25, -0.2) is 9.38 Å². The molecule has 4 N–H and O–H groups in total. The highest BCUT2D eigenvalue weighted by molar-refractivity contribution is 5.83. The molecule has 1 atom stereocenters. The number of amidine groups is 1. The van der Waals surface area contributed by atoms with Crippen LogP contribution in [-0.4, -0.2) is 12.4 Å². The molecule has 0 spiro atoms. The Balaban J connectivity index is 2.76. The summed E-state index contributed by atoms with van der Waals surface area (Å²) in [6.45, 7) is 1.34. The normalized spacial score (nSPS) is 22.2. The summed E-state index contributed by atoms with van der Waals surface area (Å²) in [4.78, 5) is 4.04. The summed E-state index contributed by atoms with van der Waals surface area (Å²) in [6.07, 6.45) is -1.99. The van der Waals surface area contributed by atoms with Gasteiger partial charge in [0.2, 0.25) is 0 Å². The summed E-state index contributed by atoms with van der Waals surface area (Å²) in [6, 6.07) is 3.72. The molecule has 1 aliphatic heterocycles. The first kappa shape index (κ1) is 14.2. The number of nitrogen functional groups attached to an aromatic ring is 1. The number of benzene rings is 1. The molecule has 0 radical (unpaired) electrons. The van der Waals surface area contributed by atoms with E-state index in [1.165, 1.54) is 12.1 Å². The van der Waals surface area contributed by atoms with E-state index in [9.17, 15) is 13.2 Å². The third kappa shape index (κ3) is 2.19. The van der Waals surface area contributed by atoms with Crippen molar-refractivity contribution < 1.29 is 17.9 Å². The number of halogens is 3. The van der Waals surface area contributed by atoms with Crippen molar-refractivity contribution in [2.75, 3.05) is 12.3 Å². The van der Waals surface area contributed by atoms with Crippen LogP contribution in [0.2, 0.25) is 0 Å². The zero-order chi connectivity index (χ0) is 14.9. The zero-order valence-corrected chi connectivity index (χ0v) is 10.8. The first-order chi connectivity index (χ1) is 9.40. The van der Waals surface area contributed by atoms with E-state index in [0.29, 0.717) is 0 Å². The number of hydrogen-bond donors (Lipinski definition) is 2. The van der Waals surface area contributed by atoms with Crippen LogP contribution in [0, 0.1) is 5.82 Å². The minimum Gasteiger partial charge on any atom is -0.482 e. The molecule has 2 rings (SSSR count). The molecule has 1 aromatic carbocycles. The molecule has 1 heterocycles. The van der Waals surface area contributed by atoms with E-state index in [0.717, 1.165) is 6.07 Å². The van der Waals surface area contributed by atoms with Gasteiger partial charge in [-0.05, 0) is 24.6 Å². The van der Waals surface area contributed by atoms with Crippen LogP contribution in [0.4, 0.5) is 18.9 Å². The molecule has 0 aliphatic carbocycles. The van der Waals surface area contributed by atoms with Crippen molar-refractivity contribution in [2.24, 2.45) is 10.7 Å². The highest BCUT2D eigenvalue weighted by atomic mass is 19.3. The van der Waals surface area contributed by atoms with Crippen molar-refractivity contribution in [1.29, 1.82) is 0 Å². The Morgan fingerprint density at radius 3 is 2.70 bits per heavy atom. The highest BCUT2D eigenvalue weighted by Gasteiger charge is 2.44. The molecule has 1 aliphatic rings. The number of hydrogen-bond acceptors (Lipinski definition) is 4. The predicted molar refractivity (Wildman–Crippen MR) is 69.6 cm³/mol. The van der Waals surface area contributed by atoms with E-state index in [1.54, 1.807) is 6.92 Å². The van der Waals surface area contributed by atoms with E-state index in [4.69, 9.17) is 16.2 Å². The first-order valence-electron chi connectivity index (χ1n) is 5.99. The molecular weight excluding hydrogens is 271 g/mol. The number of rotatable bonds is 2. The van der Waals surface area contributed by atoms with Crippen LogP contribution in [0.1, 0.15) is 18.9 Å². The van der Waals surface area contributed by atoms with Crippen LogP contribution in [0.5, 0.6) is 0 Å².